The first-order valence-electron chi connectivity index (χ1n) is 9.56. The zero-order chi connectivity index (χ0) is 18.5. The molecule has 1 saturated heterocycles. The van der Waals surface area contributed by atoms with Crippen LogP contribution in [0.3, 0.4) is 0 Å². The highest BCUT2D eigenvalue weighted by atomic mass is 15.3. The second kappa shape index (κ2) is 8.08. The SMILES string of the molecule is CCN(c1ccccc1)c1nccc(N2CCN(c3ccccc3)CC2)n1. The molecule has 2 heterocycles. The number of piperazine rings is 1. The first-order chi connectivity index (χ1) is 13.3. The van der Waals surface area contributed by atoms with E-state index in [2.05, 4.69) is 69.1 Å². The molecule has 0 spiro atoms. The lowest BCUT2D eigenvalue weighted by atomic mass is 10.2. The van der Waals surface area contributed by atoms with E-state index < -0.39 is 0 Å². The summed E-state index contributed by atoms with van der Waals surface area (Å²) in [5, 5.41) is 0. The maximum Gasteiger partial charge on any atom is 0.231 e. The molecule has 1 fully saturated rings. The molecular weight excluding hydrogens is 334 g/mol. The van der Waals surface area contributed by atoms with Gasteiger partial charge in [-0.3, -0.25) is 0 Å². The third-order valence-corrected chi connectivity index (χ3v) is 4.98. The number of aromatic nitrogens is 2. The summed E-state index contributed by atoms with van der Waals surface area (Å²) >= 11 is 0. The maximum absolute atomic E-state index is 4.86. The molecule has 0 unspecified atom stereocenters. The molecule has 5 nitrogen and oxygen atoms in total. The van der Waals surface area contributed by atoms with Crippen molar-refractivity contribution in [3.63, 3.8) is 0 Å². The number of hydrogen-bond acceptors (Lipinski definition) is 5. The van der Waals surface area contributed by atoms with E-state index in [1.54, 1.807) is 0 Å². The molecule has 27 heavy (non-hydrogen) atoms. The fraction of sp³-hybridized carbons (Fsp3) is 0.273. The Balaban J connectivity index is 1.48. The molecule has 0 amide bonds. The van der Waals surface area contributed by atoms with Gasteiger partial charge in [0.1, 0.15) is 5.82 Å². The molecule has 0 bridgehead atoms. The van der Waals surface area contributed by atoms with Crippen molar-refractivity contribution in [2.75, 3.05) is 47.4 Å². The largest absolute Gasteiger partial charge is 0.368 e. The van der Waals surface area contributed by atoms with E-state index in [1.807, 2.05) is 30.5 Å². The Hall–Kier alpha value is -3.08. The Labute approximate surface area is 160 Å². The summed E-state index contributed by atoms with van der Waals surface area (Å²) in [5.74, 6) is 1.76. The van der Waals surface area contributed by atoms with Gasteiger partial charge in [-0.15, -0.1) is 0 Å². The molecule has 0 atom stereocenters. The van der Waals surface area contributed by atoms with Crippen LogP contribution in [0.15, 0.2) is 72.9 Å². The van der Waals surface area contributed by atoms with Crippen LogP contribution < -0.4 is 14.7 Å². The van der Waals surface area contributed by atoms with Crippen LogP contribution in [-0.2, 0) is 0 Å². The van der Waals surface area contributed by atoms with Crippen LogP contribution in [0.1, 0.15) is 6.92 Å². The van der Waals surface area contributed by atoms with E-state index >= 15 is 0 Å². The van der Waals surface area contributed by atoms with Crippen molar-refractivity contribution in [3.05, 3.63) is 72.9 Å². The van der Waals surface area contributed by atoms with Crippen LogP contribution >= 0.6 is 0 Å². The van der Waals surface area contributed by atoms with Gasteiger partial charge in [-0.2, -0.15) is 4.98 Å². The van der Waals surface area contributed by atoms with Gasteiger partial charge >= 0.3 is 0 Å². The number of hydrogen-bond donors (Lipinski definition) is 0. The van der Waals surface area contributed by atoms with Gasteiger partial charge in [0.15, 0.2) is 0 Å². The molecule has 0 saturated carbocycles. The summed E-state index contributed by atoms with van der Waals surface area (Å²) < 4.78 is 0. The fourth-order valence-electron chi connectivity index (χ4n) is 3.53. The Morgan fingerprint density at radius 1 is 0.815 bits per heavy atom. The smallest absolute Gasteiger partial charge is 0.231 e. The Morgan fingerprint density at radius 3 is 2.11 bits per heavy atom. The predicted octanol–water partition coefficient (Wildman–Crippen LogP) is 3.96. The second-order valence-corrected chi connectivity index (χ2v) is 6.60. The molecule has 1 aliphatic rings. The quantitative estimate of drug-likeness (QED) is 0.689. The molecule has 0 N–H and O–H groups in total. The summed E-state index contributed by atoms with van der Waals surface area (Å²) in [6, 6.07) is 22.9. The lowest BCUT2D eigenvalue weighted by Crippen LogP contribution is -2.46. The van der Waals surface area contributed by atoms with Gasteiger partial charge in [-0.05, 0) is 37.3 Å². The number of anilines is 4. The highest BCUT2D eigenvalue weighted by Gasteiger charge is 2.19. The average Bonchev–Trinajstić information content (AvgIpc) is 2.76. The van der Waals surface area contributed by atoms with Gasteiger partial charge in [0.05, 0.1) is 0 Å². The van der Waals surface area contributed by atoms with Crippen molar-refractivity contribution in [2.45, 2.75) is 6.92 Å². The summed E-state index contributed by atoms with van der Waals surface area (Å²) in [5.41, 5.74) is 2.41. The van der Waals surface area contributed by atoms with Crippen LogP contribution in [0.25, 0.3) is 0 Å². The van der Waals surface area contributed by atoms with Gasteiger partial charge in [-0.1, -0.05) is 36.4 Å². The van der Waals surface area contributed by atoms with Crippen molar-refractivity contribution in [1.29, 1.82) is 0 Å². The highest BCUT2D eigenvalue weighted by molar-refractivity contribution is 5.58. The van der Waals surface area contributed by atoms with Gasteiger partial charge in [0, 0.05) is 50.3 Å². The molecule has 2 aromatic carbocycles. The average molecular weight is 359 g/mol. The molecule has 1 aromatic heterocycles. The molecule has 138 valence electrons. The Kier molecular flexibility index (Phi) is 5.19. The predicted molar refractivity (Wildman–Crippen MR) is 112 cm³/mol. The van der Waals surface area contributed by atoms with Crippen LogP contribution in [-0.4, -0.2) is 42.7 Å². The van der Waals surface area contributed by atoms with Crippen LogP contribution in [0.4, 0.5) is 23.1 Å². The van der Waals surface area contributed by atoms with Crippen molar-refractivity contribution in [3.8, 4) is 0 Å². The maximum atomic E-state index is 4.86. The van der Waals surface area contributed by atoms with E-state index in [9.17, 15) is 0 Å². The number of rotatable bonds is 5. The first-order valence-corrected chi connectivity index (χ1v) is 9.56. The minimum Gasteiger partial charge on any atom is -0.368 e. The molecule has 3 aromatic rings. The van der Waals surface area contributed by atoms with Gasteiger partial charge < -0.3 is 14.7 Å². The minimum absolute atomic E-state index is 0.756. The fourth-order valence-corrected chi connectivity index (χ4v) is 3.53. The van der Waals surface area contributed by atoms with Gasteiger partial charge in [-0.25, -0.2) is 4.98 Å². The highest BCUT2D eigenvalue weighted by Crippen LogP contribution is 2.24. The zero-order valence-corrected chi connectivity index (χ0v) is 15.7. The van der Waals surface area contributed by atoms with E-state index in [0.717, 1.165) is 50.2 Å². The third kappa shape index (κ3) is 3.87. The van der Waals surface area contributed by atoms with Crippen molar-refractivity contribution >= 4 is 23.1 Å². The molecule has 0 aliphatic carbocycles. The van der Waals surface area contributed by atoms with E-state index in [4.69, 9.17) is 4.98 Å². The molecule has 4 rings (SSSR count). The first kappa shape index (κ1) is 17.3. The van der Waals surface area contributed by atoms with E-state index in [-0.39, 0.29) is 0 Å². The standard InChI is InChI=1S/C22H25N5/c1-2-27(20-11-7-4-8-12-20)22-23-14-13-21(24-22)26-17-15-25(16-18-26)19-9-5-3-6-10-19/h3-14H,2,15-18H2,1H3. The number of nitrogens with zero attached hydrogens (tertiary/aromatic N) is 5. The number of para-hydroxylation sites is 2. The monoisotopic (exact) mass is 359 g/mol. The Morgan fingerprint density at radius 2 is 1.44 bits per heavy atom. The van der Waals surface area contributed by atoms with E-state index in [0.29, 0.717) is 0 Å². The topological polar surface area (TPSA) is 35.5 Å². The molecule has 0 radical (unpaired) electrons. The number of benzene rings is 2. The molecular formula is C22H25N5. The second-order valence-electron chi connectivity index (χ2n) is 6.60. The minimum atomic E-state index is 0.756. The molecule has 1 aliphatic heterocycles. The van der Waals surface area contributed by atoms with Crippen LogP contribution in [0.2, 0.25) is 0 Å². The van der Waals surface area contributed by atoms with Gasteiger partial charge in [0.2, 0.25) is 5.95 Å². The third-order valence-electron chi connectivity index (χ3n) is 4.98. The lowest BCUT2D eigenvalue weighted by molar-refractivity contribution is 0.646. The lowest BCUT2D eigenvalue weighted by Gasteiger charge is -2.37. The van der Waals surface area contributed by atoms with Crippen molar-refractivity contribution in [1.82, 2.24) is 9.97 Å². The summed E-state index contributed by atoms with van der Waals surface area (Å²) in [7, 11) is 0. The normalized spacial score (nSPS) is 14.3. The van der Waals surface area contributed by atoms with E-state index in [1.165, 1.54) is 5.69 Å². The van der Waals surface area contributed by atoms with Gasteiger partial charge in [0.25, 0.3) is 0 Å². The van der Waals surface area contributed by atoms with Crippen molar-refractivity contribution < 1.29 is 0 Å². The molecule has 5 heteroatoms. The zero-order valence-electron chi connectivity index (χ0n) is 15.7. The van der Waals surface area contributed by atoms with Crippen molar-refractivity contribution in [2.24, 2.45) is 0 Å². The summed E-state index contributed by atoms with van der Waals surface area (Å²) in [6.07, 6.45) is 1.87. The Bertz CT molecular complexity index is 845. The summed E-state index contributed by atoms with van der Waals surface area (Å²) in [4.78, 5) is 16.3. The van der Waals surface area contributed by atoms with Crippen LogP contribution in [0, 0.1) is 0 Å². The van der Waals surface area contributed by atoms with Crippen LogP contribution in [0.5, 0.6) is 0 Å². The summed E-state index contributed by atoms with van der Waals surface area (Å²) in [6.45, 7) is 6.88.